The Balaban J connectivity index is 1.52. The van der Waals surface area contributed by atoms with E-state index in [0.717, 1.165) is 44.4 Å². The van der Waals surface area contributed by atoms with Crippen molar-refractivity contribution < 1.29 is 18.7 Å². The Kier molecular flexibility index (Phi) is 6.84. The monoisotopic (exact) mass is 409 g/mol. The van der Waals surface area contributed by atoms with E-state index in [-0.39, 0.29) is 18.7 Å². The van der Waals surface area contributed by atoms with Gasteiger partial charge in [-0.1, -0.05) is 12.8 Å². The van der Waals surface area contributed by atoms with Crippen molar-refractivity contribution in [3.05, 3.63) is 0 Å². The molecule has 3 rings (SSSR count). The molecule has 1 spiro atoms. The summed E-state index contributed by atoms with van der Waals surface area (Å²) in [6.45, 7) is 6.32. The van der Waals surface area contributed by atoms with Gasteiger partial charge in [0.15, 0.2) is 0 Å². The van der Waals surface area contributed by atoms with Crippen molar-refractivity contribution in [2.75, 3.05) is 19.8 Å². The van der Waals surface area contributed by atoms with Gasteiger partial charge in [0, 0.05) is 19.0 Å². The number of halogens is 1. The number of carbonyl (C=O) groups excluding carboxylic acids is 2. The third-order valence-corrected chi connectivity index (χ3v) is 6.47. The van der Waals surface area contributed by atoms with Gasteiger partial charge in [0.25, 0.3) is 5.91 Å². The Morgan fingerprint density at radius 1 is 1.21 bits per heavy atom. The zero-order valence-electron chi connectivity index (χ0n) is 18.1. The maximum atomic E-state index is 12.8. The number of hydrogen-bond donors (Lipinski definition) is 1. The van der Waals surface area contributed by atoms with Crippen LogP contribution in [0, 0.1) is 11.8 Å². The normalized spacial score (nSPS) is 27.0. The fraction of sp³-hybridized carbons (Fsp3) is 0.864. The lowest BCUT2D eigenvalue weighted by atomic mass is 9.79. The molecule has 0 radical (unpaired) electrons. The van der Waals surface area contributed by atoms with Crippen LogP contribution in [0.3, 0.4) is 0 Å². The molecule has 1 saturated carbocycles. The number of alkyl halides is 1. The molecule has 1 N–H and O–H groups in total. The van der Waals surface area contributed by atoms with Crippen molar-refractivity contribution in [2.45, 2.75) is 89.7 Å². The fourth-order valence-corrected chi connectivity index (χ4v) is 4.71. The molecule has 2 amide bonds. The molecule has 7 heteroatoms. The SMILES string of the molecule is CC(C)(C)OC(=O)N1CCC2(CC1)N=C(C1CCC(CCCCF)CC1)NC2=O. The van der Waals surface area contributed by atoms with E-state index in [1.807, 2.05) is 20.8 Å². The molecule has 1 aliphatic carbocycles. The van der Waals surface area contributed by atoms with Crippen LogP contribution in [0.1, 0.15) is 78.6 Å². The number of aliphatic imine (C=N–C) groups is 1. The van der Waals surface area contributed by atoms with Crippen LogP contribution in [0.25, 0.3) is 0 Å². The summed E-state index contributed by atoms with van der Waals surface area (Å²) in [6.07, 6.45) is 7.86. The predicted octanol–water partition coefficient (Wildman–Crippen LogP) is 4.23. The lowest BCUT2D eigenvalue weighted by Gasteiger charge is -2.36. The molecular weight excluding hydrogens is 373 g/mol. The van der Waals surface area contributed by atoms with E-state index in [4.69, 9.17) is 9.73 Å². The number of carbonyl (C=O) groups is 2. The first-order valence-electron chi connectivity index (χ1n) is 11.2. The second-order valence-electron chi connectivity index (χ2n) is 9.85. The highest BCUT2D eigenvalue weighted by molar-refractivity contribution is 6.09. The van der Waals surface area contributed by atoms with E-state index in [1.54, 1.807) is 4.90 Å². The van der Waals surface area contributed by atoms with Crippen molar-refractivity contribution in [1.29, 1.82) is 0 Å². The largest absolute Gasteiger partial charge is 0.444 e. The van der Waals surface area contributed by atoms with E-state index >= 15 is 0 Å². The van der Waals surface area contributed by atoms with E-state index in [2.05, 4.69) is 5.32 Å². The molecule has 2 aliphatic heterocycles. The number of piperidine rings is 1. The first kappa shape index (κ1) is 22.0. The molecule has 2 fully saturated rings. The minimum Gasteiger partial charge on any atom is -0.444 e. The quantitative estimate of drug-likeness (QED) is 0.691. The first-order valence-corrected chi connectivity index (χ1v) is 11.2. The maximum Gasteiger partial charge on any atom is 0.410 e. The summed E-state index contributed by atoms with van der Waals surface area (Å²) in [4.78, 5) is 31.6. The molecule has 1 saturated heterocycles. The van der Waals surface area contributed by atoms with Gasteiger partial charge in [-0.2, -0.15) is 0 Å². The number of ether oxygens (including phenoxy) is 1. The van der Waals surface area contributed by atoms with Gasteiger partial charge in [0.2, 0.25) is 0 Å². The van der Waals surface area contributed by atoms with Crippen LogP contribution in [0.4, 0.5) is 9.18 Å². The zero-order valence-corrected chi connectivity index (χ0v) is 18.1. The molecule has 0 aromatic heterocycles. The first-order chi connectivity index (χ1) is 13.7. The average molecular weight is 410 g/mol. The zero-order chi connectivity index (χ0) is 21.1. The Bertz CT molecular complexity index is 628. The number of amidine groups is 1. The second-order valence-corrected chi connectivity index (χ2v) is 9.85. The van der Waals surface area contributed by atoms with Gasteiger partial charge in [0.05, 0.1) is 6.67 Å². The Morgan fingerprint density at radius 3 is 2.45 bits per heavy atom. The van der Waals surface area contributed by atoms with Gasteiger partial charge in [-0.05, 0) is 71.6 Å². The minimum absolute atomic E-state index is 0.0126. The van der Waals surface area contributed by atoms with E-state index < -0.39 is 11.1 Å². The summed E-state index contributed by atoms with van der Waals surface area (Å²) < 4.78 is 17.7. The van der Waals surface area contributed by atoms with Crippen LogP contribution >= 0.6 is 0 Å². The smallest absolute Gasteiger partial charge is 0.410 e. The number of rotatable bonds is 5. The molecular formula is C22H36FN3O3. The molecule has 6 nitrogen and oxygen atoms in total. The van der Waals surface area contributed by atoms with Crippen molar-refractivity contribution in [3.63, 3.8) is 0 Å². The van der Waals surface area contributed by atoms with Crippen molar-refractivity contribution in [2.24, 2.45) is 16.8 Å². The van der Waals surface area contributed by atoms with Crippen LogP contribution < -0.4 is 5.32 Å². The summed E-state index contributed by atoms with van der Waals surface area (Å²) in [5.74, 6) is 1.84. The van der Waals surface area contributed by atoms with Gasteiger partial charge >= 0.3 is 6.09 Å². The standard InChI is InChI=1S/C22H36FN3O3/c1-21(2,3)29-20(28)26-14-11-22(12-15-26)19(27)24-18(25-22)17-9-7-16(8-10-17)6-4-5-13-23/h16-17H,4-15H2,1-3H3,(H,24,25,27). The molecule has 3 aliphatic rings. The van der Waals surface area contributed by atoms with Gasteiger partial charge < -0.3 is 15.0 Å². The molecule has 164 valence electrons. The van der Waals surface area contributed by atoms with Gasteiger partial charge in [0.1, 0.15) is 17.0 Å². The van der Waals surface area contributed by atoms with Crippen LogP contribution in [0.15, 0.2) is 4.99 Å². The summed E-state index contributed by atoms with van der Waals surface area (Å²) in [7, 11) is 0. The molecule has 0 aromatic carbocycles. The molecule has 0 unspecified atom stereocenters. The maximum absolute atomic E-state index is 12.8. The third kappa shape index (κ3) is 5.48. The topological polar surface area (TPSA) is 71.0 Å². The van der Waals surface area contributed by atoms with Crippen molar-refractivity contribution in [1.82, 2.24) is 10.2 Å². The van der Waals surface area contributed by atoms with Crippen LogP contribution in [-0.4, -0.2) is 53.6 Å². The van der Waals surface area contributed by atoms with Crippen LogP contribution in [0.5, 0.6) is 0 Å². The van der Waals surface area contributed by atoms with Gasteiger partial charge in [-0.15, -0.1) is 0 Å². The van der Waals surface area contributed by atoms with Crippen molar-refractivity contribution in [3.8, 4) is 0 Å². The number of likely N-dealkylation sites (tertiary alicyclic amines) is 1. The predicted molar refractivity (Wildman–Crippen MR) is 111 cm³/mol. The molecule has 0 atom stereocenters. The summed E-state index contributed by atoms with van der Waals surface area (Å²) in [6, 6.07) is 0. The molecule has 29 heavy (non-hydrogen) atoms. The van der Waals surface area contributed by atoms with Crippen LogP contribution in [0.2, 0.25) is 0 Å². The Hall–Kier alpha value is -1.66. The number of nitrogens with zero attached hydrogens (tertiary/aromatic N) is 2. The second kappa shape index (κ2) is 9.00. The van der Waals surface area contributed by atoms with E-state index in [1.165, 1.54) is 0 Å². The van der Waals surface area contributed by atoms with Crippen LogP contribution in [-0.2, 0) is 9.53 Å². The highest BCUT2D eigenvalue weighted by Crippen LogP contribution is 2.37. The average Bonchev–Trinajstić information content (AvgIpc) is 2.98. The summed E-state index contributed by atoms with van der Waals surface area (Å²) in [5, 5.41) is 3.06. The van der Waals surface area contributed by atoms with Gasteiger partial charge in [-0.3, -0.25) is 14.2 Å². The Morgan fingerprint density at radius 2 is 1.86 bits per heavy atom. The minimum atomic E-state index is -0.716. The highest BCUT2D eigenvalue weighted by atomic mass is 19.1. The lowest BCUT2D eigenvalue weighted by molar-refractivity contribution is -0.125. The number of hydrogen-bond acceptors (Lipinski definition) is 4. The van der Waals surface area contributed by atoms with Gasteiger partial charge in [-0.25, -0.2) is 4.79 Å². The fourth-order valence-electron chi connectivity index (χ4n) is 4.71. The van der Waals surface area contributed by atoms with E-state index in [0.29, 0.717) is 44.2 Å². The third-order valence-electron chi connectivity index (χ3n) is 6.47. The highest BCUT2D eigenvalue weighted by Gasteiger charge is 2.48. The number of amides is 2. The summed E-state index contributed by atoms with van der Waals surface area (Å²) >= 11 is 0. The summed E-state index contributed by atoms with van der Waals surface area (Å²) in [5.41, 5.74) is -1.24. The lowest BCUT2D eigenvalue weighted by Crippen LogP contribution is -2.51. The molecule has 0 bridgehead atoms. The molecule has 2 heterocycles. The number of nitrogens with one attached hydrogen (secondary N) is 1. The number of unbranched alkanes of at least 4 members (excludes halogenated alkanes) is 1. The van der Waals surface area contributed by atoms with Crippen molar-refractivity contribution >= 4 is 17.8 Å². The van der Waals surface area contributed by atoms with E-state index in [9.17, 15) is 14.0 Å². The Labute approximate surface area is 173 Å². The molecule has 0 aromatic rings.